The number of rotatable bonds is 6. The van der Waals surface area contributed by atoms with E-state index in [9.17, 15) is 23.4 Å². The number of methoxy groups -OCH3 is 1. The van der Waals surface area contributed by atoms with Crippen LogP contribution in [-0.4, -0.2) is 33.2 Å². The van der Waals surface area contributed by atoms with Crippen molar-refractivity contribution in [3.05, 3.63) is 78.0 Å². The maximum absolute atomic E-state index is 12.9. The number of halogens is 3. The van der Waals surface area contributed by atoms with Crippen LogP contribution in [0.15, 0.2) is 66.7 Å². The molecule has 5 nitrogen and oxygen atoms in total. The van der Waals surface area contributed by atoms with E-state index in [1.807, 2.05) is 0 Å². The van der Waals surface area contributed by atoms with Crippen molar-refractivity contribution in [1.29, 1.82) is 0 Å². The molecule has 0 aliphatic rings. The SMILES string of the molecule is COc1ccc(-c2cc(C(O)/C=C\C(C)O)nn2-c2ccc(C(F)(F)F)cc2)cc1. The number of ether oxygens (including phenoxy) is 1. The first kappa shape index (κ1) is 21.6. The minimum absolute atomic E-state index is 0.289. The van der Waals surface area contributed by atoms with Crippen molar-refractivity contribution >= 4 is 0 Å². The molecule has 0 aliphatic carbocycles. The molecule has 0 aliphatic heterocycles. The molecule has 2 unspecified atom stereocenters. The number of alkyl halides is 3. The Morgan fingerprint density at radius 3 is 2.17 bits per heavy atom. The first-order valence-corrected chi connectivity index (χ1v) is 9.15. The molecule has 0 radical (unpaired) electrons. The summed E-state index contributed by atoms with van der Waals surface area (Å²) in [6.45, 7) is 1.55. The van der Waals surface area contributed by atoms with E-state index in [2.05, 4.69) is 5.10 Å². The summed E-state index contributed by atoms with van der Waals surface area (Å²) in [5, 5.41) is 24.2. The second kappa shape index (κ2) is 8.73. The van der Waals surface area contributed by atoms with E-state index in [0.717, 1.165) is 17.7 Å². The molecule has 0 saturated carbocycles. The molecule has 0 bridgehead atoms. The maximum atomic E-state index is 12.9. The Kier molecular flexibility index (Phi) is 6.28. The second-order valence-electron chi connectivity index (χ2n) is 6.71. The number of benzene rings is 2. The van der Waals surface area contributed by atoms with Gasteiger partial charge in [0.15, 0.2) is 0 Å². The summed E-state index contributed by atoms with van der Waals surface area (Å²) in [5.74, 6) is 0.652. The number of aliphatic hydroxyl groups is 2. The van der Waals surface area contributed by atoms with Crippen molar-refractivity contribution < 1.29 is 28.1 Å². The van der Waals surface area contributed by atoms with Crippen LogP contribution >= 0.6 is 0 Å². The molecule has 1 heterocycles. The number of nitrogens with zero attached hydrogens (tertiary/aromatic N) is 2. The summed E-state index contributed by atoms with van der Waals surface area (Å²) >= 11 is 0. The molecule has 2 atom stereocenters. The quantitative estimate of drug-likeness (QED) is 0.577. The highest BCUT2D eigenvalue weighted by Gasteiger charge is 2.30. The summed E-state index contributed by atoms with van der Waals surface area (Å²) < 4.78 is 45.3. The van der Waals surface area contributed by atoms with Crippen molar-refractivity contribution in [2.24, 2.45) is 0 Å². The lowest BCUT2D eigenvalue weighted by Crippen LogP contribution is -2.06. The van der Waals surface area contributed by atoms with E-state index in [0.29, 0.717) is 17.1 Å². The van der Waals surface area contributed by atoms with Crippen LogP contribution in [0.2, 0.25) is 0 Å². The summed E-state index contributed by atoms with van der Waals surface area (Å²) in [6.07, 6.45) is -3.43. The number of hydrogen-bond donors (Lipinski definition) is 2. The van der Waals surface area contributed by atoms with Crippen LogP contribution in [0.25, 0.3) is 16.9 Å². The smallest absolute Gasteiger partial charge is 0.416 e. The van der Waals surface area contributed by atoms with Crippen molar-refractivity contribution in [1.82, 2.24) is 9.78 Å². The molecule has 2 N–H and O–H groups in total. The van der Waals surface area contributed by atoms with Gasteiger partial charge in [-0.25, -0.2) is 4.68 Å². The normalized spacial score (nSPS) is 14.1. The van der Waals surface area contributed by atoms with Gasteiger partial charge in [0, 0.05) is 5.56 Å². The molecule has 2 aromatic carbocycles. The number of aliphatic hydroxyl groups excluding tert-OH is 2. The molecule has 8 heteroatoms. The molecule has 1 aromatic heterocycles. The van der Waals surface area contributed by atoms with Gasteiger partial charge in [0.2, 0.25) is 0 Å². The standard InChI is InChI=1S/C22H21F3N2O3/c1-14(28)3-12-21(29)19-13-20(15-4-10-18(30-2)11-5-15)27(26-19)17-8-6-16(7-9-17)22(23,24)25/h3-14,21,28-29H,1-2H3/b12-3-. The van der Waals surface area contributed by atoms with Gasteiger partial charge < -0.3 is 14.9 Å². The largest absolute Gasteiger partial charge is 0.497 e. The molecule has 0 saturated heterocycles. The van der Waals surface area contributed by atoms with E-state index < -0.39 is 23.9 Å². The lowest BCUT2D eigenvalue weighted by atomic mass is 10.1. The highest BCUT2D eigenvalue weighted by molar-refractivity contribution is 5.64. The predicted molar refractivity (Wildman–Crippen MR) is 106 cm³/mol. The molecule has 0 spiro atoms. The summed E-state index contributed by atoms with van der Waals surface area (Å²) in [7, 11) is 1.55. The van der Waals surface area contributed by atoms with Gasteiger partial charge in [-0.3, -0.25) is 0 Å². The van der Waals surface area contributed by atoms with E-state index in [-0.39, 0.29) is 5.69 Å². The Balaban J connectivity index is 2.07. The van der Waals surface area contributed by atoms with Crippen molar-refractivity contribution in [2.75, 3.05) is 7.11 Å². The van der Waals surface area contributed by atoms with Gasteiger partial charge in [-0.2, -0.15) is 18.3 Å². The second-order valence-corrected chi connectivity index (χ2v) is 6.71. The van der Waals surface area contributed by atoms with Crippen LogP contribution in [0, 0.1) is 0 Å². The van der Waals surface area contributed by atoms with Gasteiger partial charge in [-0.15, -0.1) is 0 Å². The monoisotopic (exact) mass is 418 g/mol. The first-order valence-electron chi connectivity index (χ1n) is 9.15. The third-order valence-electron chi connectivity index (χ3n) is 4.43. The van der Waals surface area contributed by atoms with Gasteiger partial charge in [-0.05, 0) is 61.5 Å². The molecular formula is C22H21F3N2O3. The van der Waals surface area contributed by atoms with E-state index in [1.54, 1.807) is 44.4 Å². The molecule has 0 fully saturated rings. The fraction of sp³-hybridized carbons (Fsp3) is 0.227. The molecule has 0 amide bonds. The molecular weight excluding hydrogens is 397 g/mol. The van der Waals surface area contributed by atoms with Crippen molar-refractivity contribution in [2.45, 2.75) is 25.3 Å². The summed E-state index contributed by atoms with van der Waals surface area (Å²) in [6, 6.07) is 13.4. The third-order valence-corrected chi connectivity index (χ3v) is 4.43. The van der Waals surface area contributed by atoms with Crippen molar-refractivity contribution in [3.8, 4) is 22.7 Å². The van der Waals surface area contributed by atoms with Crippen molar-refractivity contribution in [3.63, 3.8) is 0 Å². The Bertz CT molecular complexity index is 1010. The lowest BCUT2D eigenvalue weighted by molar-refractivity contribution is -0.137. The summed E-state index contributed by atoms with van der Waals surface area (Å²) in [4.78, 5) is 0. The highest BCUT2D eigenvalue weighted by atomic mass is 19.4. The highest BCUT2D eigenvalue weighted by Crippen LogP contribution is 2.32. The van der Waals surface area contributed by atoms with Crippen LogP contribution in [0.3, 0.4) is 0 Å². The molecule has 158 valence electrons. The Labute approximate surface area is 171 Å². The van der Waals surface area contributed by atoms with E-state index in [1.165, 1.54) is 29.0 Å². The van der Waals surface area contributed by atoms with Crippen LogP contribution in [0.1, 0.15) is 24.3 Å². The zero-order chi connectivity index (χ0) is 21.9. The van der Waals surface area contributed by atoms with Gasteiger partial charge in [0.1, 0.15) is 11.9 Å². The lowest BCUT2D eigenvalue weighted by Gasteiger charge is -2.11. The minimum atomic E-state index is -4.44. The topological polar surface area (TPSA) is 67.5 Å². The zero-order valence-electron chi connectivity index (χ0n) is 16.3. The fourth-order valence-electron chi connectivity index (χ4n) is 2.86. The first-order chi connectivity index (χ1) is 14.2. The number of hydrogen-bond acceptors (Lipinski definition) is 4. The van der Waals surface area contributed by atoms with Gasteiger partial charge in [0.05, 0.1) is 35.9 Å². The van der Waals surface area contributed by atoms with Crippen LogP contribution in [-0.2, 0) is 6.18 Å². The average molecular weight is 418 g/mol. The van der Waals surface area contributed by atoms with Gasteiger partial charge in [-0.1, -0.05) is 12.2 Å². The van der Waals surface area contributed by atoms with Crippen LogP contribution < -0.4 is 4.74 Å². The fourth-order valence-corrected chi connectivity index (χ4v) is 2.86. The third kappa shape index (κ3) is 4.90. The average Bonchev–Trinajstić information content (AvgIpc) is 3.17. The Morgan fingerprint density at radius 2 is 1.63 bits per heavy atom. The molecule has 30 heavy (non-hydrogen) atoms. The number of aromatic nitrogens is 2. The Hall–Kier alpha value is -3.10. The van der Waals surface area contributed by atoms with Crippen LogP contribution in [0.5, 0.6) is 5.75 Å². The summed E-state index contributed by atoms with van der Waals surface area (Å²) in [5.41, 5.74) is 1.26. The molecule has 3 aromatic rings. The van der Waals surface area contributed by atoms with E-state index in [4.69, 9.17) is 4.74 Å². The van der Waals surface area contributed by atoms with Crippen LogP contribution in [0.4, 0.5) is 13.2 Å². The predicted octanol–water partition coefficient (Wildman–Crippen LogP) is 4.54. The maximum Gasteiger partial charge on any atom is 0.416 e. The molecule has 3 rings (SSSR count). The minimum Gasteiger partial charge on any atom is -0.497 e. The van der Waals surface area contributed by atoms with Gasteiger partial charge >= 0.3 is 6.18 Å². The van der Waals surface area contributed by atoms with Gasteiger partial charge in [0.25, 0.3) is 0 Å². The van der Waals surface area contributed by atoms with E-state index >= 15 is 0 Å². The zero-order valence-corrected chi connectivity index (χ0v) is 16.3. The Morgan fingerprint density at radius 1 is 1.00 bits per heavy atom.